The van der Waals surface area contributed by atoms with Crippen molar-refractivity contribution in [2.45, 2.75) is 18.6 Å². The lowest BCUT2D eigenvalue weighted by molar-refractivity contribution is -0.148. The molecule has 130 valence electrons. The van der Waals surface area contributed by atoms with Crippen LogP contribution in [0.25, 0.3) is 0 Å². The topological polar surface area (TPSA) is 78.9 Å². The summed E-state index contributed by atoms with van der Waals surface area (Å²) in [4.78, 5) is 26.2. The number of carbonyl (C=O) groups excluding carboxylic acids is 2. The normalized spacial score (nSPS) is 22.0. The van der Waals surface area contributed by atoms with Crippen LogP contribution in [-0.2, 0) is 14.3 Å². The number of amides is 1. The molecule has 0 aliphatic carbocycles. The number of nitrogens with one attached hydrogen (secondary N) is 1. The van der Waals surface area contributed by atoms with E-state index in [0.717, 1.165) is 0 Å². The number of benzene rings is 1. The highest BCUT2D eigenvalue weighted by Crippen LogP contribution is 2.37. The number of halogens is 1. The van der Waals surface area contributed by atoms with Gasteiger partial charge in [0.2, 0.25) is 5.91 Å². The number of carbonyl (C=O) groups is 2. The smallest absolute Gasteiger partial charge is 0.333 e. The average Bonchev–Trinajstić information content (AvgIpc) is 2.58. The van der Waals surface area contributed by atoms with Crippen molar-refractivity contribution >= 4 is 23.5 Å². The Morgan fingerprint density at radius 3 is 2.71 bits per heavy atom. The maximum atomic E-state index is 12.4. The number of aliphatic hydroxyl groups is 1. The van der Waals surface area contributed by atoms with Crippen molar-refractivity contribution < 1.29 is 19.4 Å². The summed E-state index contributed by atoms with van der Waals surface area (Å²) in [5, 5.41) is 13.1. The SMILES string of the molecule is C=C1C(C(=O)NC)C(O)CCN1C(C(=O)OC)c1ccccc1Cl. The van der Waals surface area contributed by atoms with E-state index in [2.05, 4.69) is 11.9 Å². The van der Waals surface area contributed by atoms with Crippen LogP contribution in [0.15, 0.2) is 36.5 Å². The molecule has 1 aromatic carbocycles. The molecule has 2 N–H and O–H groups in total. The van der Waals surface area contributed by atoms with E-state index in [0.29, 0.717) is 29.2 Å². The molecule has 1 heterocycles. The summed E-state index contributed by atoms with van der Waals surface area (Å²) in [5.74, 6) is -1.67. The number of nitrogens with zero attached hydrogens (tertiary/aromatic N) is 1. The third-order valence-corrected chi connectivity index (χ3v) is 4.59. The minimum absolute atomic E-state index is 0.328. The Labute approximate surface area is 146 Å². The average molecular weight is 353 g/mol. The van der Waals surface area contributed by atoms with Crippen molar-refractivity contribution in [2.24, 2.45) is 5.92 Å². The van der Waals surface area contributed by atoms with E-state index in [1.165, 1.54) is 14.2 Å². The molecular weight excluding hydrogens is 332 g/mol. The maximum Gasteiger partial charge on any atom is 0.333 e. The van der Waals surface area contributed by atoms with E-state index in [1.54, 1.807) is 29.2 Å². The number of rotatable bonds is 4. The van der Waals surface area contributed by atoms with Crippen molar-refractivity contribution in [3.8, 4) is 0 Å². The molecule has 6 nitrogen and oxygen atoms in total. The van der Waals surface area contributed by atoms with Gasteiger partial charge in [-0.25, -0.2) is 4.79 Å². The Hall–Kier alpha value is -2.05. The Balaban J connectivity index is 2.43. The number of hydrogen-bond donors (Lipinski definition) is 2. The van der Waals surface area contributed by atoms with Crippen molar-refractivity contribution in [3.63, 3.8) is 0 Å². The van der Waals surface area contributed by atoms with Gasteiger partial charge in [-0.15, -0.1) is 0 Å². The molecule has 0 bridgehead atoms. The summed E-state index contributed by atoms with van der Waals surface area (Å²) in [6, 6.07) is 6.13. The van der Waals surface area contributed by atoms with E-state index in [-0.39, 0.29) is 5.91 Å². The van der Waals surface area contributed by atoms with Gasteiger partial charge in [0, 0.05) is 29.9 Å². The first-order chi connectivity index (χ1) is 11.4. The molecule has 1 aromatic rings. The molecule has 1 saturated heterocycles. The van der Waals surface area contributed by atoms with Crippen LogP contribution in [0, 0.1) is 5.92 Å². The lowest BCUT2D eigenvalue weighted by Gasteiger charge is -2.42. The van der Waals surface area contributed by atoms with Crippen LogP contribution < -0.4 is 5.32 Å². The number of ether oxygens (including phenoxy) is 1. The Kier molecular flexibility index (Phi) is 5.85. The summed E-state index contributed by atoms with van der Waals surface area (Å²) in [5.41, 5.74) is 0.933. The fourth-order valence-corrected chi connectivity index (χ4v) is 3.23. The van der Waals surface area contributed by atoms with Crippen LogP contribution >= 0.6 is 11.6 Å². The molecule has 24 heavy (non-hydrogen) atoms. The number of methoxy groups -OCH3 is 1. The zero-order valence-electron chi connectivity index (χ0n) is 13.7. The third kappa shape index (κ3) is 3.39. The molecule has 0 spiro atoms. The Morgan fingerprint density at radius 2 is 2.12 bits per heavy atom. The summed E-state index contributed by atoms with van der Waals surface area (Å²) < 4.78 is 4.93. The molecule has 7 heteroatoms. The monoisotopic (exact) mass is 352 g/mol. The first-order valence-electron chi connectivity index (χ1n) is 7.59. The first-order valence-corrected chi connectivity index (χ1v) is 7.97. The first kappa shape index (κ1) is 18.3. The molecule has 0 aromatic heterocycles. The zero-order chi connectivity index (χ0) is 17.9. The fraction of sp³-hybridized carbons (Fsp3) is 0.412. The maximum absolute atomic E-state index is 12.4. The van der Waals surface area contributed by atoms with Gasteiger partial charge in [0.25, 0.3) is 0 Å². The van der Waals surface area contributed by atoms with Crippen molar-refractivity contribution in [2.75, 3.05) is 20.7 Å². The largest absolute Gasteiger partial charge is 0.467 e. The second kappa shape index (κ2) is 7.68. The van der Waals surface area contributed by atoms with Crippen LogP contribution in [-0.4, -0.2) is 48.7 Å². The van der Waals surface area contributed by atoms with Gasteiger partial charge in [-0.05, 0) is 12.5 Å². The molecule has 0 radical (unpaired) electrons. The van der Waals surface area contributed by atoms with E-state index in [1.807, 2.05) is 0 Å². The molecule has 1 amide bonds. The number of aliphatic hydroxyl groups excluding tert-OH is 1. The van der Waals surface area contributed by atoms with Gasteiger partial charge in [0.15, 0.2) is 6.04 Å². The van der Waals surface area contributed by atoms with Gasteiger partial charge in [0.05, 0.1) is 13.2 Å². The predicted octanol–water partition coefficient (Wildman–Crippen LogP) is 1.50. The van der Waals surface area contributed by atoms with Crippen LogP contribution in [0.1, 0.15) is 18.0 Å². The minimum Gasteiger partial charge on any atom is -0.467 e. The number of likely N-dealkylation sites (tertiary alicyclic amines) is 1. The summed E-state index contributed by atoms with van der Waals surface area (Å²) in [6.45, 7) is 4.30. The quantitative estimate of drug-likeness (QED) is 0.803. The van der Waals surface area contributed by atoms with Gasteiger partial charge in [0.1, 0.15) is 5.92 Å². The number of esters is 1. The molecule has 1 fully saturated rings. The number of piperidine rings is 1. The standard InChI is InChI=1S/C17H21ClN2O4/c1-10-14(16(22)19-2)13(21)8-9-20(10)15(17(23)24-3)11-6-4-5-7-12(11)18/h4-7,13-15,21H,1,8-9H2,2-3H3,(H,19,22). The molecule has 3 atom stereocenters. The third-order valence-electron chi connectivity index (χ3n) is 4.24. The van der Waals surface area contributed by atoms with E-state index in [9.17, 15) is 14.7 Å². The van der Waals surface area contributed by atoms with Gasteiger partial charge in [-0.2, -0.15) is 0 Å². The van der Waals surface area contributed by atoms with Crippen molar-refractivity contribution in [3.05, 3.63) is 47.1 Å². The van der Waals surface area contributed by atoms with E-state index in [4.69, 9.17) is 16.3 Å². The molecular formula is C17H21ClN2O4. The van der Waals surface area contributed by atoms with E-state index < -0.39 is 24.0 Å². The highest BCUT2D eigenvalue weighted by molar-refractivity contribution is 6.31. The number of hydrogen-bond acceptors (Lipinski definition) is 5. The second-order valence-electron chi connectivity index (χ2n) is 5.58. The zero-order valence-corrected chi connectivity index (χ0v) is 14.4. The molecule has 2 rings (SSSR count). The fourth-order valence-electron chi connectivity index (χ4n) is 2.99. The molecule has 1 aliphatic heterocycles. The van der Waals surface area contributed by atoms with Gasteiger partial charge < -0.3 is 20.1 Å². The summed E-state index contributed by atoms with van der Waals surface area (Å²) in [7, 11) is 2.79. The summed E-state index contributed by atoms with van der Waals surface area (Å²) >= 11 is 6.25. The van der Waals surface area contributed by atoms with Gasteiger partial charge in [-0.1, -0.05) is 36.4 Å². The minimum atomic E-state index is -0.849. The molecule has 0 saturated carbocycles. The van der Waals surface area contributed by atoms with Crippen LogP contribution in [0.5, 0.6) is 0 Å². The molecule has 3 unspecified atom stereocenters. The van der Waals surface area contributed by atoms with Crippen LogP contribution in [0.3, 0.4) is 0 Å². The van der Waals surface area contributed by atoms with E-state index >= 15 is 0 Å². The van der Waals surface area contributed by atoms with Gasteiger partial charge in [-0.3, -0.25) is 4.79 Å². The Morgan fingerprint density at radius 1 is 1.46 bits per heavy atom. The Bertz CT molecular complexity index is 649. The lowest BCUT2D eigenvalue weighted by atomic mass is 9.88. The second-order valence-corrected chi connectivity index (χ2v) is 5.99. The van der Waals surface area contributed by atoms with Crippen molar-refractivity contribution in [1.29, 1.82) is 0 Å². The predicted molar refractivity (Wildman–Crippen MR) is 90.2 cm³/mol. The highest BCUT2D eigenvalue weighted by atomic mass is 35.5. The highest BCUT2D eigenvalue weighted by Gasteiger charge is 2.41. The molecule has 1 aliphatic rings. The summed E-state index contributed by atoms with van der Waals surface area (Å²) in [6.07, 6.45) is -0.520. The van der Waals surface area contributed by atoms with Crippen molar-refractivity contribution in [1.82, 2.24) is 10.2 Å². The van der Waals surface area contributed by atoms with Crippen LogP contribution in [0.4, 0.5) is 0 Å². The van der Waals surface area contributed by atoms with Gasteiger partial charge >= 0.3 is 5.97 Å². The van der Waals surface area contributed by atoms with Crippen LogP contribution in [0.2, 0.25) is 5.02 Å². The lowest BCUT2D eigenvalue weighted by Crippen LogP contribution is -2.49.